The van der Waals surface area contributed by atoms with Crippen molar-refractivity contribution in [3.63, 3.8) is 0 Å². The molecule has 26 heavy (non-hydrogen) atoms. The predicted octanol–water partition coefficient (Wildman–Crippen LogP) is 3.76. The van der Waals surface area contributed by atoms with Crippen molar-refractivity contribution in [1.82, 2.24) is 0 Å². The predicted molar refractivity (Wildman–Crippen MR) is 103 cm³/mol. The SMILES string of the molecule is C=CCN(c1c(C)cc(C)cc1C)S(=O)(=O)c1ccc2c(c1)OCCO2. The van der Waals surface area contributed by atoms with E-state index in [-0.39, 0.29) is 11.4 Å². The second kappa shape index (κ2) is 7.03. The Morgan fingerprint density at radius 2 is 1.65 bits per heavy atom. The maximum absolute atomic E-state index is 13.4. The van der Waals surface area contributed by atoms with Crippen molar-refractivity contribution in [2.75, 3.05) is 24.1 Å². The highest BCUT2D eigenvalue weighted by atomic mass is 32.2. The first-order valence-electron chi connectivity index (χ1n) is 8.45. The van der Waals surface area contributed by atoms with Gasteiger partial charge < -0.3 is 9.47 Å². The molecule has 0 amide bonds. The van der Waals surface area contributed by atoms with Crippen LogP contribution < -0.4 is 13.8 Å². The lowest BCUT2D eigenvalue weighted by Crippen LogP contribution is -2.32. The second-order valence-corrected chi connectivity index (χ2v) is 8.24. The number of anilines is 1. The van der Waals surface area contributed by atoms with E-state index in [9.17, 15) is 8.42 Å². The number of ether oxygens (including phenoxy) is 2. The third-order valence-corrected chi connectivity index (χ3v) is 6.04. The molecule has 0 radical (unpaired) electrons. The number of hydrogen-bond donors (Lipinski definition) is 0. The molecule has 138 valence electrons. The highest BCUT2D eigenvalue weighted by molar-refractivity contribution is 7.92. The summed E-state index contributed by atoms with van der Waals surface area (Å²) in [6, 6.07) is 8.69. The first-order valence-corrected chi connectivity index (χ1v) is 9.89. The highest BCUT2D eigenvalue weighted by Crippen LogP contribution is 2.36. The van der Waals surface area contributed by atoms with Gasteiger partial charge in [-0.05, 0) is 44.0 Å². The van der Waals surface area contributed by atoms with Gasteiger partial charge in [0.15, 0.2) is 11.5 Å². The molecule has 0 bridgehead atoms. The molecule has 1 aliphatic rings. The summed E-state index contributed by atoms with van der Waals surface area (Å²) in [6.45, 7) is 10.6. The normalized spacial score (nSPS) is 13.3. The third kappa shape index (κ3) is 3.29. The minimum absolute atomic E-state index is 0.169. The molecule has 0 unspecified atom stereocenters. The molecule has 1 heterocycles. The van der Waals surface area contributed by atoms with E-state index < -0.39 is 10.0 Å². The zero-order valence-electron chi connectivity index (χ0n) is 15.3. The van der Waals surface area contributed by atoms with Crippen LogP contribution >= 0.6 is 0 Å². The fourth-order valence-corrected chi connectivity index (χ4v) is 4.88. The number of benzene rings is 2. The number of aryl methyl sites for hydroxylation is 3. The molecule has 0 saturated heterocycles. The Kier molecular flexibility index (Phi) is 4.96. The van der Waals surface area contributed by atoms with Crippen LogP contribution in [0, 0.1) is 20.8 Å². The second-order valence-electron chi connectivity index (χ2n) is 6.38. The number of nitrogens with zero attached hydrogens (tertiary/aromatic N) is 1. The van der Waals surface area contributed by atoms with Gasteiger partial charge in [0, 0.05) is 6.07 Å². The summed E-state index contributed by atoms with van der Waals surface area (Å²) in [6.07, 6.45) is 1.59. The fraction of sp³-hybridized carbons (Fsp3) is 0.300. The first kappa shape index (κ1) is 18.3. The van der Waals surface area contributed by atoms with E-state index in [1.807, 2.05) is 32.9 Å². The smallest absolute Gasteiger partial charge is 0.264 e. The molecule has 0 atom stereocenters. The molecule has 2 aromatic rings. The van der Waals surface area contributed by atoms with Crippen molar-refractivity contribution in [2.24, 2.45) is 0 Å². The minimum Gasteiger partial charge on any atom is -0.486 e. The molecule has 5 nitrogen and oxygen atoms in total. The Hall–Kier alpha value is -2.47. The minimum atomic E-state index is -3.78. The van der Waals surface area contributed by atoms with E-state index in [1.54, 1.807) is 18.2 Å². The van der Waals surface area contributed by atoms with Gasteiger partial charge in [0.25, 0.3) is 10.0 Å². The Labute approximate surface area is 154 Å². The molecule has 0 saturated carbocycles. The molecular weight excluding hydrogens is 350 g/mol. The van der Waals surface area contributed by atoms with Gasteiger partial charge in [-0.3, -0.25) is 4.31 Å². The molecular formula is C20H23NO4S. The number of fused-ring (bicyclic) bond motifs is 1. The zero-order valence-corrected chi connectivity index (χ0v) is 16.1. The lowest BCUT2D eigenvalue weighted by atomic mass is 10.1. The van der Waals surface area contributed by atoms with Gasteiger partial charge in [-0.25, -0.2) is 8.42 Å². The largest absolute Gasteiger partial charge is 0.486 e. The van der Waals surface area contributed by atoms with Crippen molar-refractivity contribution in [2.45, 2.75) is 25.7 Å². The zero-order chi connectivity index (χ0) is 18.9. The molecule has 3 rings (SSSR count). The Balaban J connectivity index is 2.12. The van der Waals surface area contributed by atoms with Crippen molar-refractivity contribution in [3.8, 4) is 11.5 Å². The molecule has 0 N–H and O–H groups in total. The molecule has 1 aliphatic heterocycles. The molecule has 0 aromatic heterocycles. The van der Waals surface area contributed by atoms with Crippen LogP contribution in [0.15, 0.2) is 47.9 Å². The van der Waals surface area contributed by atoms with Crippen LogP contribution in [0.1, 0.15) is 16.7 Å². The van der Waals surface area contributed by atoms with E-state index in [4.69, 9.17) is 9.47 Å². The van der Waals surface area contributed by atoms with Crippen LogP contribution in [0.2, 0.25) is 0 Å². The molecule has 0 fully saturated rings. The van der Waals surface area contributed by atoms with Crippen molar-refractivity contribution in [3.05, 3.63) is 59.7 Å². The van der Waals surface area contributed by atoms with Crippen molar-refractivity contribution in [1.29, 1.82) is 0 Å². The lowest BCUT2D eigenvalue weighted by Gasteiger charge is -2.27. The van der Waals surface area contributed by atoms with Gasteiger partial charge in [-0.15, -0.1) is 6.58 Å². The maximum atomic E-state index is 13.4. The summed E-state index contributed by atoms with van der Waals surface area (Å²) in [5, 5.41) is 0. The van der Waals surface area contributed by atoms with Gasteiger partial charge in [-0.1, -0.05) is 23.8 Å². The topological polar surface area (TPSA) is 55.8 Å². The highest BCUT2D eigenvalue weighted by Gasteiger charge is 2.28. The summed E-state index contributed by atoms with van der Waals surface area (Å²) in [5.41, 5.74) is 3.60. The fourth-order valence-electron chi connectivity index (χ4n) is 3.30. The van der Waals surface area contributed by atoms with Gasteiger partial charge in [-0.2, -0.15) is 0 Å². The van der Waals surface area contributed by atoms with E-state index in [0.29, 0.717) is 30.4 Å². The molecule has 0 aliphatic carbocycles. The Bertz CT molecular complexity index is 927. The van der Waals surface area contributed by atoms with Crippen molar-refractivity contribution < 1.29 is 17.9 Å². The molecule has 2 aromatic carbocycles. The summed E-state index contributed by atoms with van der Waals surface area (Å²) in [4.78, 5) is 0.169. The number of sulfonamides is 1. The van der Waals surface area contributed by atoms with Crippen LogP contribution in [-0.2, 0) is 10.0 Å². The van der Waals surface area contributed by atoms with E-state index in [2.05, 4.69) is 6.58 Å². The number of rotatable bonds is 5. The first-order chi connectivity index (χ1) is 12.3. The molecule has 0 spiro atoms. The standard InChI is InChI=1S/C20H23NO4S/c1-5-8-21(20-15(3)11-14(2)12-16(20)4)26(22,23)17-6-7-18-19(13-17)25-10-9-24-18/h5-7,11-13H,1,8-10H2,2-4H3. The summed E-state index contributed by atoms with van der Waals surface area (Å²) in [5.74, 6) is 1.02. The Morgan fingerprint density at radius 3 is 2.27 bits per heavy atom. The molecule has 6 heteroatoms. The quantitative estimate of drug-likeness (QED) is 0.749. The maximum Gasteiger partial charge on any atom is 0.264 e. The van der Waals surface area contributed by atoms with Crippen LogP contribution in [0.4, 0.5) is 5.69 Å². The van der Waals surface area contributed by atoms with Crippen molar-refractivity contribution >= 4 is 15.7 Å². The van der Waals surface area contributed by atoms with Crippen LogP contribution in [-0.4, -0.2) is 28.2 Å². The lowest BCUT2D eigenvalue weighted by molar-refractivity contribution is 0.171. The van der Waals surface area contributed by atoms with Gasteiger partial charge in [0.1, 0.15) is 13.2 Å². The van der Waals surface area contributed by atoms with E-state index in [0.717, 1.165) is 16.7 Å². The average molecular weight is 373 g/mol. The summed E-state index contributed by atoms with van der Waals surface area (Å²) < 4.78 is 39.2. The third-order valence-electron chi connectivity index (χ3n) is 4.28. The summed E-state index contributed by atoms with van der Waals surface area (Å²) >= 11 is 0. The van der Waals surface area contributed by atoms with Crippen LogP contribution in [0.3, 0.4) is 0 Å². The van der Waals surface area contributed by atoms with E-state index in [1.165, 1.54) is 10.4 Å². The average Bonchev–Trinajstić information content (AvgIpc) is 2.59. The summed E-state index contributed by atoms with van der Waals surface area (Å²) in [7, 11) is -3.78. The van der Waals surface area contributed by atoms with Crippen LogP contribution in [0.5, 0.6) is 11.5 Å². The monoisotopic (exact) mass is 373 g/mol. The van der Waals surface area contributed by atoms with Gasteiger partial charge in [0.2, 0.25) is 0 Å². The number of hydrogen-bond acceptors (Lipinski definition) is 4. The van der Waals surface area contributed by atoms with E-state index >= 15 is 0 Å². The van der Waals surface area contributed by atoms with Crippen LogP contribution in [0.25, 0.3) is 0 Å². The Morgan fingerprint density at radius 1 is 1.04 bits per heavy atom. The van der Waals surface area contributed by atoms with Gasteiger partial charge >= 0.3 is 0 Å². The van der Waals surface area contributed by atoms with Gasteiger partial charge in [0.05, 0.1) is 17.1 Å².